The van der Waals surface area contributed by atoms with Crippen molar-refractivity contribution in [2.45, 2.75) is 12.8 Å². The number of nitrogens with one attached hydrogen (secondary N) is 1. The third kappa shape index (κ3) is 4.17. The molecule has 0 unspecified atom stereocenters. The summed E-state index contributed by atoms with van der Waals surface area (Å²) in [5.41, 5.74) is 0.827. The number of nitrogens with zero attached hydrogens (tertiary/aromatic N) is 3. The molecule has 1 N–H and O–H groups in total. The minimum atomic E-state index is -0.116. The van der Waals surface area contributed by atoms with E-state index in [1.54, 1.807) is 0 Å². The number of amides is 1. The molecule has 6 heteroatoms. The standard InChI is InChI=1S/C14H18N4O2/c1-18(2)10-6-9-12(19)15-14-17-16-13(20-14)11-7-4-3-5-8-11/h3-5,7-8H,6,9-10H2,1-2H3,(H,15,17,19). The lowest BCUT2D eigenvalue weighted by atomic mass is 10.2. The van der Waals surface area contributed by atoms with E-state index in [4.69, 9.17) is 4.42 Å². The van der Waals surface area contributed by atoms with E-state index in [1.807, 2.05) is 49.3 Å². The van der Waals surface area contributed by atoms with Crippen molar-refractivity contribution < 1.29 is 9.21 Å². The molecule has 0 saturated carbocycles. The van der Waals surface area contributed by atoms with E-state index in [1.165, 1.54) is 0 Å². The summed E-state index contributed by atoms with van der Waals surface area (Å²) in [4.78, 5) is 13.7. The minimum absolute atomic E-state index is 0.116. The van der Waals surface area contributed by atoms with E-state index in [0.29, 0.717) is 12.3 Å². The first-order valence-electron chi connectivity index (χ1n) is 6.48. The Morgan fingerprint density at radius 1 is 1.25 bits per heavy atom. The van der Waals surface area contributed by atoms with Crippen molar-refractivity contribution in [1.82, 2.24) is 15.1 Å². The lowest BCUT2D eigenvalue weighted by molar-refractivity contribution is -0.116. The maximum atomic E-state index is 11.7. The minimum Gasteiger partial charge on any atom is -0.403 e. The van der Waals surface area contributed by atoms with Gasteiger partial charge in [0.1, 0.15) is 0 Å². The van der Waals surface area contributed by atoms with Crippen molar-refractivity contribution in [3.8, 4) is 11.5 Å². The van der Waals surface area contributed by atoms with Gasteiger partial charge < -0.3 is 9.32 Å². The van der Waals surface area contributed by atoms with Crippen LogP contribution in [-0.2, 0) is 4.79 Å². The van der Waals surface area contributed by atoms with E-state index < -0.39 is 0 Å². The lowest BCUT2D eigenvalue weighted by Gasteiger charge is -2.07. The summed E-state index contributed by atoms with van der Waals surface area (Å²) in [5.74, 6) is 0.282. The molecule has 0 fully saturated rings. The molecule has 2 aromatic rings. The summed E-state index contributed by atoms with van der Waals surface area (Å²) in [6.07, 6.45) is 1.22. The van der Waals surface area contributed by atoms with Gasteiger partial charge in [-0.1, -0.05) is 23.3 Å². The van der Waals surface area contributed by atoms with Gasteiger partial charge >= 0.3 is 6.01 Å². The maximum absolute atomic E-state index is 11.7. The Morgan fingerprint density at radius 3 is 2.70 bits per heavy atom. The van der Waals surface area contributed by atoms with E-state index in [2.05, 4.69) is 15.5 Å². The van der Waals surface area contributed by atoms with Crippen LogP contribution in [0.1, 0.15) is 12.8 Å². The van der Waals surface area contributed by atoms with Crippen LogP contribution in [0.3, 0.4) is 0 Å². The second-order valence-electron chi connectivity index (χ2n) is 4.73. The summed E-state index contributed by atoms with van der Waals surface area (Å²) < 4.78 is 5.40. The van der Waals surface area contributed by atoms with Gasteiger partial charge in [0, 0.05) is 12.0 Å². The van der Waals surface area contributed by atoms with Crippen LogP contribution in [0.4, 0.5) is 6.01 Å². The van der Waals surface area contributed by atoms with Crippen molar-refractivity contribution >= 4 is 11.9 Å². The molecule has 0 saturated heterocycles. The summed E-state index contributed by atoms with van der Waals surface area (Å²) >= 11 is 0. The van der Waals surface area contributed by atoms with Gasteiger partial charge in [-0.2, -0.15) is 0 Å². The molecule has 0 spiro atoms. The number of benzene rings is 1. The zero-order valence-corrected chi connectivity index (χ0v) is 11.7. The van der Waals surface area contributed by atoms with Crippen LogP contribution in [0.25, 0.3) is 11.5 Å². The van der Waals surface area contributed by atoms with Gasteiger partial charge in [0.25, 0.3) is 0 Å². The molecular formula is C14H18N4O2. The molecule has 1 aromatic carbocycles. The molecule has 0 aliphatic rings. The number of hydrogen-bond donors (Lipinski definition) is 1. The topological polar surface area (TPSA) is 71.3 Å². The highest BCUT2D eigenvalue weighted by molar-refractivity contribution is 5.88. The average molecular weight is 274 g/mol. The number of anilines is 1. The predicted molar refractivity (Wildman–Crippen MR) is 76.2 cm³/mol. The Morgan fingerprint density at radius 2 is 2.00 bits per heavy atom. The van der Waals surface area contributed by atoms with Crippen LogP contribution in [-0.4, -0.2) is 41.6 Å². The molecule has 0 bridgehead atoms. The summed E-state index contributed by atoms with van der Waals surface area (Å²) in [6, 6.07) is 9.57. The maximum Gasteiger partial charge on any atom is 0.322 e. The Labute approximate surface area is 117 Å². The SMILES string of the molecule is CN(C)CCCC(=O)Nc1nnc(-c2ccccc2)o1. The second kappa shape index (κ2) is 6.81. The molecule has 106 valence electrons. The van der Waals surface area contributed by atoms with Crippen molar-refractivity contribution in [2.24, 2.45) is 0 Å². The number of hydrogen-bond acceptors (Lipinski definition) is 5. The smallest absolute Gasteiger partial charge is 0.322 e. The first-order chi connectivity index (χ1) is 9.65. The van der Waals surface area contributed by atoms with E-state index >= 15 is 0 Å². The first-order valence-corrected chi connectivity index (χ1v) is 6.48. The van der Waals surface area contributed by atoms with Crippen molar-refractivity contribution in [3.63, 3.8) is 0 Å². The first kappa shape index (κ1) is 14.2. The second-order valence-corrected chi connectivity index (χ2v) is 4.73. The molecule has 20 heavy (non-hydrogen) atoms. The molecule has 1 aromatic heterocycles. The predicted octanol–water partition coefficient (Wildman–Crippen LogP) is 2.02. The molecule has 0 atom stereocenters. The summed E-state index contributed by atoms with van der Waals surface area (Å²) in [6.45, 7) is 0.868. The fourth-order valence-corrected chi connectivity index (χ4v) is 1.71. The van der Waals surface area contributed by atoms with Crippen molar-refractivity contribution in [1.29, 1.82) is 0 Å². The zero-order chi connectivity index (χ0) is 14.4. The molecule has 1 amide bonds. The normalized spacial score (nSPS) is 10.8. The Hall–Kier alpha value is -2.21. The molecule has 0 aliphatic carbocycles. The van der Waals surface area contributed by atoms with Gasteiger partial charge in [-0.15, -0.1) is 5.10 Å². The lowest BCUT2D eigenvalue weighted by Crippen LogP contribution is -2.17. The highest BCUT2D eigenvalue weighted by Crippen LogP contribution is 2.19. The van der Waals surface area contributed by atoms with Gasteiger partial charge in [0.05, 0.1) is 0 Å². The number of rotatable bonds is 6. The van der Waals surface area contributed by atoms with Gasteiger partial charge in [-0.3, -0.25) is 10.1 Å². The number of aromatic nitrogens is 2. The molecule has 0 radical (unpaired) electrons. The molecule has 0 aliphatic heterocycles. The highest BCUT2D eigenvalue weighted by Gasteiger charge is 2.10. The van der Waals surface area contributed by atoms with Crippen molar-refractivity contribution in [3.05, 3.63) is 30.3 Å². The van der Waals surface area contributed by atoms with E-state index in [0.717, 1.165) is 18.5 Å². The average Bonchev–Trinajstić information content (AvgIpc) is 2.88. The fourth-order valence-electron chi connectivity index (χ4n) is 1.71. The van der Waals surface area contributed by atoms with Gasteiger partial charge in [-0.05, 0) is 39.2 Å². The zero-order valence-electron chi connectivity index (χ0n) is 11.7. The quantitative estimate of drug-likeness (QED) is 0.872. The fraction of sp³-hybridized carbons (Fsp3) is 0.357. The Balaban J connectivity index is 1.88. The van der Waals surface area contributed by atoms with Crippen LogP contribution >= 0.6 is 0 Å². The molecule has 2 rings (SSSR count). The van der Waals surface area contributed by atoms with Gasteiger partial charge in [0.15, 0.2) is 0 Å². The molecule has 1 heterocycles. The monoisotopic (exact) mass is 274 g/mol. The third-order valence-corrected chi connectivity index (χ3v) is 2.70. The van der Waals surface area contributed by atoms with Crippen LogP contribution in [0.15, 0.2) is 34.7 Å². The van der Waals surface area contributed by atoms with Gasteiger partial charge in [-0.25, -0.2) is 0 Å². The van der Waals surface area contributed by atoms with Gasteiger partial charge in [0.2, 0.25) is 11.8 Å². The number of carbonyl (C=O) groups excluding carboxylic acids is 1. The van der Waals surface area contributed by atoms with Crippen LogP contribution in [0.5, 0.6) is 0 Å². The van der Waals surface area contributed by atoms with Crippen LogP contribution < -0.4 is 5.32 Å². The van der Waals surface area contributed by atoms with E-state index in [9.17, 15) is 4.79 Å². The Kier molecular flexibility index (Phi) is 4.84. The number of carbonyl (C=O) groups is 1. The van der Waals surface area contributed by atoms with E-state index in [-0.39, 0.29) is 11.9 Å². The highest BCUT2D eigenvalue weighted by atomic mass is 16.4. The largest absolute Gasteiger partial charge is 0.403 e. The van der Waals surface area contributed by atoms with Crippen molar-refractivity contribution in [2.75, 3.05) is 26.0 Å². The summed E-state index contributed by atoms with van der Waals surface area (Å²) in [7, 11) is 3.95. The Bertz CT molecular complexity index is 551. The van der Waals surface area contributed by atoms with Crippen LogP contribution in [0.2, 0.25) is 0 Å². The third-order valence-electron chi connectivity index (χ3n) is 2.70. The molecular weight excluding hydrogens is 256 g/mol. The molecule has 6 nitrogen and oxygen atoms in total. The van der Waals surface area contributed by atoms with Crippen LogP contribution in [0, 0.1) is 0 Å². The summed E-state index contributed by atoms with van der Waals surface area (Å²) in [5, 5.41) is 10.3.